The minimum Gasteiger partial charge on any atom is -0.0654 e. The van der Waals surface area contributed by atoms with E-state index in [0.717, 1.165) is 53.3 Å². The molecule has 0 spiro atoms. The van der Waals surface area contributed by atoms with Gasteiger partial charge in [0.15, 0.2) is 0 Å². The molecule has 4 fully saturated rings. The first-order chi connectivity index (χ1) is 13.2. The highest BCUT2D eigenvalue weighted by Crippen LogP contribution is 2.71. The molecule has 0 heterocycles. The largest absolute Gasteiger partial charge is 0.0654 e. The number of rotatable bonds is 4. The van der Waals surface area contributed by atoms with E-state index in [1.54, 1.807) is 19.3 Å². The molecule has 0 aromatic carbocycles. The lowest BCUT2D eigenvalue weighted by molar-refractivity contribution is -0.162. The second kappa shape index (κ2) is 7.60. The zero-order valence-electron chi connectivity index (χ0n) is 20.3. The van der Waals surface area contributed by atoms with Gasteiger partial charge in [-0.15, -0.1) is 0 Å². The summed E-state index contributed by atoms with van der Waals surface area (Å²) in [5.74, 6) is 8.88. The minimum absolute atomic E-state index is 0.619. The fraction of sp³-hybridized carbons (Fsp3) is 1.00. The molecule has 4 saturated carbocycles. The molecule has 162 valence electrons. The van der Waals surface area contributed by atoms with Crippen LogP contribution in [0.4, 0.5) is 0 Å². The summed E-state index contributed by atoms with van der Waals surface area (Å²) in [6.45, 7) is 18.4. The third kappa shape index (κ3) is 3.05. The molecule has 0 nitrogen and oxygen atoms in total. The maximum atomic E-state index is 2.77. The van der Waals surface area contributed by atoms with Crippen molar-refractivity contribution in [2.45, 2.75) is 113 Å². The van der Waals surface area contributed by atoms with Crippen LogP contribution in [-0.2, 0) is 0 Å². The van der Waals surface area contributed by atoms with E-state index in [0.29, 0.717) is 10.8 Å². The Morgan fingerprint density at radius 3 is 2.39 bits per heavy atom. The van der Waals surface area contributed by atoms with Crippen molar-refractivity contribution in [2.75, 3.05) is 0 Å². The zero-order chi connectivity index (χ0) is 20.3. The molecule has 0 amide bonds. The van der Waals surface area contributed by atoms with Crippen molar-refractivity contribution < 1.29 is 0 Å². The fourth-order valence-electron chi connectivity index (χ4n) is 9.89. The van der Waals surface area contributed by atoms with Gasteiger partial charge in [-0.1, -0.05) is 74.1 Å². The second-order valence-electron chi connectivity index (χ2n) is 12.9. The average molecular weight is 387 g/mol. The van der Waals surface area contributed by atoms with Crippen LogP contribution in [0.5, 0.6) is 0 Å². The monoisotopic (exact) mass is 386 g/mol. The van der Waals surface area contributed by atoms with Gasteiger partial charge in [0.2, 0.25) is 0 Å². The van der Waals surface area contributed by atoms with Gasteiger partial charge in [0.1, 0.15) is 0 Å². The van der Waals surface area contributed by atoms with E-state index >= 15 is 0 Å². The van der Waals surface area contributed by atoms with Crippen LogP contribution in [0.15, 0.2) is 0 Å². The molecule has 0 radical (unpaired) electrons. The van der Waals surface area contributed by atoms with Gasteiger partial charge in [0, 0.05) is 0 Å². The predicted octanol–water partition coefficient (Wildman–Crippen LogP) is 8.60. The molecular formula is C28H50. The molecule has 11 atom stereocenters. The van der Waals surface area contributed by atoms with Crippen LogP contribution in [0.3, 0.4) is 0 Å². The second-order valence-corrected chi connectivity index (χ2v) is 12.9. The summed E-state index contributed by atoms with van der Waals surface area (Å²) in [6, 6.07) is 0. The Labute approximate surface area is 177 Å². The predicted molar refractivity (Wildman–Crippen MR) is 122 cm³/mol. The lowest BCUT2D eigenvalue weighted by Gasteiger charge is -2.65. The van der Waals surface area contributed by atoms with E-state index in [1.165, 1.54) is 44.9 Å². The molecule has 1 unspecified atom stereocenters. The van der Waals surface area contributed by atoms with Gasteiger partial charge in [-0.2, -0.15) is 0 Å². The summed E-state index contributed by atoms with van der Waals surface area (Å²) < 4.78 is 0. The van der Waals surface area contributed by atoms with Crippen molar-refractivity contribution in [1.29, 1.82) is 0 Å². The van der Waals surface area contributed by atoms with Crippen LogP contribution in [0.2, 0.25) is 0 Å². The molecule has 4 rings (SSSR count). The molecule has 0 N–H and O–H groups in total. The van der Waals surface area contributed by atoms with Crippen molar-refractivity contribution in [3.8, 4) is 0 Å². The molecule has 0 aromatic heterocycles. The molecule has 28 heavy (non-hydrogen) atoms. The lowest BCUT2D eigenvalue weighted by Crippen LogP contribution is -2.58. The van der Waals surface area contributed by atoms with Gasteiger partial charge in [-0.05, 0) is 103 Å². The molecule has 0 saturated heterocycles. The highest BCUT2D eigenvalue weighted by molar-refractivity contribution is 5.12. The van der Waals surface area contributed by atoms with Crippen LogP contribution in [0, 0.1) is 64.1 Å². The Morgan fingerprint density at radius 1 is 0.929 bits per heavy atom. The van der Waals surface area contributed by atoms with E-state index in [9.17, 15) is 0 Å². The maximum Gasteiger partial charge on any atom is -0.0238 e. The van der Waals surface area contributed by atoms with E-state index in [1.807, 2.05) is 0 Å². The Morgan fingerprint density at radius 2 is 1.68 bits per heavy atom. The van der Waals surface area contributed by atoms with Gasteiger partial charge in [0.25, 0.3) is 0 Å². The summed E-state index contributed by atoms with van der Waals surface area (Å²) in [5, 5.41) is 0. The normalized spacial score (nSPS) is 54.5. The van der Waals surface area contributed by atoms with Gasteiger partial charge in [-0.25, -0.2) is 0 Å². The third-order valence-corrected chi connectivity index (χ3v) is 11.6. The fourth-order valence-corrected chi connectivity index (χ4v) is 9.89. The quantitative estimate of drug-likeness (QED) is 0.453. The van der Waals surface area contributed by atoms with Crippen molar-refractivity contribution in [2.24, 2.45) is 64.1 Å². The molecule has 0 aromatic rings. The highest BCUT2D eigenvalue weighted by atomic mass is 14.7. The molecule has 0 heteroatoms. The van der Waals surface area contributed by atoms with Crippen LogP contribution in [0.25, 0.3) is 0 Å². The number of fused-ring (bicyclic) bond motifs is 5. The van der Waals surface area contributed by atoms with Crippen molar-refractivity contribution in [3.63, 3.8) is 0 Å². The first-order valence-corrected chi connectivity index (χ1v) is 13.2. The summed E-state index contributed by atoms with van der Waals surface area (Å²) in [4.78, 5) is 0. The number of hydrogen-bond acceptors (Lipinski definition) is 0. The molecule has 4 aliphatic carbocycles. The summed E-state index contributed by atoms with van der Waals surface area (Å²) in [6.07, 6.45) is 15.0. The Bertz CT molecular complexity index is 550. The first kappa shape index (κ1) is 21.2. The first-order valence-electron chi connectivity index (χ1n) is 13.2. The highest BCUT2D eigenvalue weighted by Gasteiger charge is 2.64. The zero-order valence-corrected chi connectivity index (χ0v) is 20.3. The molecule has 0 aliphatic heterocycles. The third-order valence-electron chi connectivity index (χ3n) is 11.6. The van der Waals surface area contributed by atoms with Crippen molar-refractivity contribution in [1.82, 2.24) is 0 Å². The lowest BCUT2D eigenvalue weighted by atomic mass is 9.40. The summed E-state index contributed by atoms with van der Waals surface area (Å²) in [5.41, 5.74) is 1.28. The van der Waals surface area contributed by atoms with Gasteiger partial charge in [-0.3, -0.25) is 0 Å². The number of unbranched alkanes of at least 4 members (excludes halogenated alkanes) is 1. The SMILES string of the molecule is CCCC[C@@H](C)[C@H]1CC[C@H]2[C@@H]3[C@H](C)C[C@@H]4CC(C)CC[C@]4(C)[C@H]3C[C@H](C)[C@]12C. The molecular weight excluding hydrogens is 336 g/mol. The van der Waals surface area contributed by atoms with E-state index < -0.39 is 0 Å². The van der Waals surface area contributed by atoms with Crippen LogP contribution in [-0.4, -0.2) is 0 Å². The maximum absolute atomic E-state index is 2.77. The summed E-state index contributed by atoms with van der Waals surface area (Å²) >= 11 is 0. The Kier molecular flexibility index (Phi) is 5.77. The van der Waals surface area contributed by atoms with E-state index in [4.69, 9.17) is 0 Å². The standard InChI is InChI=1S/C28H50/c1-8-9-10-19(3)23-11-12-24-26-20(4)16-22-15-18(2)13-14-27(22,6)25(26)17-21(5)28(23,24)7/h18-26H,8-17H2,1-7H3/t18?,19-,20-,21+,22+,23-,24+,25+,26+,27+,28-/m1/s1. The molecule has 0 bridgehead atoms. The summed E-state index contributed by atoms with van der Waals surface area (Å²) in [7, 11) is 0. The smallest absolute Gasteiger partial charge is 0.0238 e. The van der Waals surface area contributed by atoms with E-state index in [-0.39, 0.29) is 0 Å². The van der Waals surface area contributed by atoms with Crippen LogP contribution < -0.4 is 0 Å². The van der Waals surface area contributed by atoms with Crippen molar-refractivity contribution in [3.05, 3.63) is 0 Å². The van der Waals surface area contributed by atoms with Crippen LogP contribution in [0.1, 0.15) is 113 Å². The average Bonchev–Trinajstić information content (AvgIpc) is 3.01. The van der Waals surface area contributed by atoms with Gasteiger partial charge < -0.3 is 0 Å². The van der Waals surface area contributed by atoms with E-state index in [2.05, 4.69) is 48.5 Å². The molecule has 4 aliphatic rings. The van der Waals surface area contributed by atoms with Gasteiger partial charge in [0.05, 0.1) is 0 Å². The Hall–Kier alpha value is 0. The Balaban J connectivity index is 1.62. The minimum atomic E-state index is 0.619. The number of hydrogen-bond donors (Lipinski definition) is 0. The van der Waals surface area contributed by atoms with Crippen molar-refractivity contribution >= 4 is 0 Å². The van der Waals surface area contributed by atoms with Gasteiger partial charge >= 0.3 is 0 Å². The topological polar surface area (TPSA) is 0 Å². The van der Waals surface area contributed by atoms with Crippen LogP contribution >= 0.6 is 0 Å².